The Morgan fingerprint density at radius 3 is 2.57 bits per heavy atom. The number of halogens is 4. The summed E-state index contributed by atoms with van der Waals surface area (Å²) in [5.41, 5.74) is -0.0319. The summed E-state index contributed by atoms with van der Waals surface area (Å²) in [6.07, 6.45) is -4.52. The number of ether oxygens (including phenoxy) is 1. The van der Waals surface area contributed by atoms with Gasteiger partial charge in [0.2, 0.25) is 0 Å². The van der Waals surface area contributed by atoms with E-state index >= 15 is 0 Å². The van der Waals surface area contributed by atoms with E-state index in [2.05, 4.69) is 10.3 Å². The quantitative estimate of drug-likeness (QED) is 0.658. The van der Waals surface area contributed by atoms with Crippen molar-refractivity contribution in [2.75, 3.05) is 7.11 Å². The normalized spacial score (nSPS) is 11.5. The van der Waals surface area contributed by atoms with Crippen molar-refractivity contribution in [1.29, 1.82) is 0 Å². The summed E-state index contributed by atoms with van der Waals surface area (Å²) >= 11 is 0. The molecular weight excluding hydrogens is 376 g/mol. The van der Waals surface area contributed by atoms with Crippen molar-refractivity contribution in [1.82, 2.24) is 10.3 Å². The SMILES string of the molecule is COc1cc(C(=O)NCc2ccccc2C(F)(F)F)nc2c(C)cc(F)cc12. The molecule has 2 aromatic carbocycles. The molecule has 0 radical (unpaired) electrons. The molecule has 1 aromatic heterocycles. The van der Waals surface area contributed by atoms with E-state index in [0.717, 1.165) is 6.07 Å². The van der Waals surface area contributed by atoms with Crippen LogP contribution in [0.5, 0.6) is 5.75 Å². The molecule has 1 amide bonds. The number of carbonyl (C=O) groups excluding carboxylic acids is 1. The van der Waals surface area contributed by atoms with Gasteiger partial charge >= 0.3 is 6.18 Å². The van der Waals surface area contributed by atoms with E-state index in [-0.39, 0.29) is 23.6 Å². The average molecular weight is 392 g/mol. The number of rotatable bonds is 4. The van der Waals surface area contributed by atoms with Crippen molar-refractivity contribution in [2.24, 2.45) is 0 Å². The first kappa shape index (κ1) is 19.6. The zero-order chi connectivity index (χ0) is 20.5. The highest BCUT2D eigenvalue weighted by molar-refractivity contribution is 5.97. The van der Waals surface area contributed by atoms with Gasteiger partial charge in [0.15, 0.2) is 0 Å². The van der Waals surface area contributed by atoms with Crippen molar-refractivity contribution in [2.45, 2.75) is 19.6 Å². The highest BCUT2D eigenvalue weighted by Crippen LogP contribution is 2.32. The Bertz CT molecular complexity index is 1050. The second-order valence-electron chi connectivity index (χ2n) is 6.17. The fraction of sp³-hybridized carbons (Fsp3) is 0.200. The number of aryl methyl sites for hydroxylation is 1. The van der Waals surface area contributed by atoms with Crippen LogP contribution in [0.3, 0.4) is 0 Å². The number of hydrogen-bond acceptors (Lipinski definition) is 3. The molecule has 8 heteroatoms. The number of nitrogens with zero attached hydrogens (tertiary/aromatic N) is 1. The van der Waals surface area contributed by atoms with Gasteiger partial charge in [-0.3, -0.25) is 4.79 Å². The number of aromatic nitrogens is 1. The molecule has 0 atom stereocenters. The standard InChI is InChI=1S/C20H16F4N2O2/c1-11-7-13(21)8-14-17(28-2)9-16(26-18(11)14)19(27)25-10-12-5-3-4-6-15(12)20(22,23)24/h3-9H,10H2,1-2H3,(H,25,27). The second-order valence-corrected chi connectivity index (χ2v) is 6.17. The second kappa shape index (κ2) is 7.46. The Hall–Kier alpha value is -3.16. The smallest absolute Gasteiger partial charge is 0.416 e. The minimum absolute atomic E-state index is 0.0384. The molecule has 0 aliphatic carbocycles. The fourth-order valence-electron chi connectivity index (χ4n) is 2.93. The summed E-state index contributed by atoms with van der Waals surface area (Å²) in [6.45, 7) is 1.32. The van der Waals surface area contributed by atoms with Crippen LogP contribution < -0.4 is 10.1 Å². The topological polar surface area (TPSA) is 51.2 Å². The minimum atomic E-state index is -4.52. The molecule has 0 spiro atoms. The van der Waals surface area contributed by atoms with Gasteiger partial charge in [-0.1, -0.05) is 18.2 Å². The number of benzene rings is 2. The van der Waals surface area contributed by atoms with Crippen molar-refractivity contribution >= 4 is 16.8 Å². The monoisotopic (exact) mass is 392 g/mol. The van der Waals surface area contributed by atoms with Gasteiger partial charge in [0.1, 0.15) is 17.3 Å². The van der Waals surface area contributed by atoms with Crippen LogP contribution in [-0.2, 0) is 12.7 Å². The van der Waals surface area contributed by atoms with E-state index in [1.165, 1.54) is 43.5 Å². The molecule has 1 N–H and O–H groups in total. The van der Waals surface area contributed by atoms with Gasteiger partial charge in [-0.2, -0.15) is 13.2 Å². The van der Waals surface area contributed by atoms with Gasteiger partial charge in [-0.05, 0) is 36.2 Å². The third-order valence-corrected chi connectivity index (χ3v) is 4.25. The number of hydrogen-bond donors (Lipinski definition) is 1. The Labute approximate surface area is 158 Å². The zero-order valence-electron chi connectivity index (χ0n) is 15.0. The lowest BCUT2D eigenvalue weighted by molar-refractivity contribution is -0.138. The Morgan fingerprint density at radius 1 is 1.18 bits per heavy atom. The van der Waals surface area contributed by atoms with Gasteiger partial charge in [-0.25, -0.2) is 9.37 Å². The Balaban J connectivity index is 1.91. The number of amides is 1. The van der Waals surface area contributed by atoms with Crippen molar-refractivity contribution in [3.8, 4) is 5.75 Å². The first-order chi connectivity index (χ1) is 13.2. The summed E-state index contributed by atoms with van der Waals surface area (Å²) in [5, 5.41) is 2.85. The molecule has 0 saturated heterocycles. The molecule has 1 heterocycles. The molecule has 0 aliphatic heterocycles. The lowest BCUT2D eigenvalue weighted by Gasteiger charge is -2.14. The van der Waals surface area contributed by atoms with E-state index in [1.807, 2.05) is 0 Å². The molecule has 0 bridgehead atoms. The first-order valence-corrected chi connectivity index (χ1v) is 8.29. The van der Waals surface area contributed by atoms with Gasteiger partial charge in [0.25, 0.3) is 5.91 Å². The van der Waals surface area contributed by atoms with E-state index in [4.69, 9.17) is 4.74 Å². The van der Waals surface area contributed by atoms with Crippen LogP contribution in [0.25, 0.3) is 10.9 Å². The van der Waals surface area contributed by atoms with E-state index < -0.39 is 23.5 Å². The molecule has 146 valence electrons. The largest absolute Gasteiger partial charge is 0.496 e. The number of pyridine rings is 1. The van der Waals surface area contributed by atoms with Crippen LogP contribution >= 0.6 is 0 Å². The summed E-state index contributed by atoms with van der Waals surface area (Å²) in [6, 6.07) is 8.84. The molecule has 0 aliphatic rings. The number of carbonyl (C=O) groups is 1. The molecule has 4 nitrogen and oxygen atoms in total. The van der Waals surface area contributed by atoms with Gasteiger partial charge in [0, 0.05) is 18.0 Å². The Kier molecular flexibility index (Phi) is 5.22. The van der Waals surface area contributed by atoms with Crippen LogP contribution in [0.4, 0.5) is 17.6 Å². The predicted octanol–water partition coefficient (Wildman–Crippen LogP) is 4.64. The summed E-state index contributed by atoms with van der Waals surface area (Å²) in [5.74, 6) is -0.889. The van der Waals surface area contributed by atoms with Crippen molar-refractivity contribution < 1.29 is 27.1 Å². The third kappa shape index (κ3) is 3.90. The Morgan fingerprint density at radius 2 is 1.89 bits per heavy atom. The molecule has 0 saturated carbocycles. The lowest BCUT2D eigenvalue weighted by Crippen LogP contribution is -2.25. The molecule has 28 heavy (non-hydrogen) atoms. The molecule has 0 unspecified atom stereocenters. The van der Waals surface area contributed by atoms with Crippen LogP contribution in [0.15, 0.2) is 42.5 Å². The highest BCUT2D eigenvalue weighted by Gasteiger charge is 2.32. The van der Waals surface area contributed by atoms with Crippen LogP contribution in [-0.4, -0.2) is 18.0 Å². The first-order valence-electron chi connectivity index (χ1n) is 8.29. The summed E-state index contributed by atoms with van der Waals surface area (Å²) in [4.78, 5) is 16.7. The molecule has 0 fully saturated rings. The van der Waals surface area contributed by atoms with E-state index in [1.54, 1.807) is 6.92 Å². The average Bonchev–Trinajstić information content (AvgIpc) is 2.64. The van der Waals surface area contributed by atoms with E-state index in [9.17, 15) is 22.4 Å². The van der Waals surface area contributed by atoms with Crippen LogP contribution in [0.2, 0.25) is 0 Å². The maximum absolute atomic E-state index is 13.7. The fourth-order valence-corrected chi connectivity index (χ4v) is 2.93. The van der Waals surface area contributed by atoms with Crippen molar-refractivity contribution in [3.05, 3.63) is 70.7 Å². The summed E-state index contributed by atoms with van der Waals surface area (Å²) < 4.78 is 58.1. The van der Waals surface area contributed by atoms with Gasteiger partial charge < -0.3 is 10.1 Å². The number of methoxy groups -OCH3 is 1. The lowest BCUT2D eigenvalue weighted by atomic mass is 10.1. The third-order valence-electron chi connectivity index (χ3n) is 4.25. The van der Waals surface area contributed by atoms with Gasteiger partial charge in [0.05, 0.1) is 18.2 Å². The van der Waals surface area contributed by atoms with Gasteiger partial charge in [-0.15, -0.1) is 0 Å². The number of fused-ring (bicyclic) bond motifs is 1. The van der Waals surface area contributed by atoms with Crippen LogP contribution in [0, 0.1) is 12.7 Å². The molecule has 3 aromatic rings. The van der Waals surface area contributed by atoms with Crippen LogP contribution in [0.1, 0.15) is 27.2 Å². The maximum atomic E-state index is 13.7. The minimum Gasteiger partial charge on any atom is -0.496 e. The number of alkyl halides is 3. The molecular formula is C20H16F4N2O2. The summed E-state index contributed by atoms with van der Waals surface area (Å²) in [7, 11) is 1.37. The molecule has 3 rings (SSSR count). The van der Waals surface area contributed by atoms with Crippen molar-refractivity contribution in [3.63, 3.8) is 0 Å². The predicted molar refractivity (Wildman–Crippen MR) is 95.6 cm³/mol. The maximum Gasteiger partial charge on any atom is 0.416 e. The van der Waals surface area contributed by atoms with E-state index in [0.29, 0.717) is 16.5 Å². The highest BCUT2D eigenvalue weighted by atomic mass is 19.4. The zero-order valence-corrected chi connectivity index (χ0v) is 15.0. The number of nitrogens with one attached hydrogen (secondary N) is 1.